The van der Waals surface area contributed by atoms with E-state index >= 15 is 0 Å². The van der Waals surface area contributed by atoms with E-state index in [4.69, 9.17) is 11.6 Å². The molecule has 0 aliphatic heterocycles. The van der Waals surface area contributed by atoms with Crippen molar-refractivity contribution in [3.05, 3.63) is 0 Å². The first-order valence-electron chi connectivity index (χ1n) is 5.74. The Labute approximate surface area is 88.1 Å². The molecule has 0 saturated heterocycles. The van der Waals surface area contributed by atoms with Crippen molar-refractivity contribution in [2.45, 2.75) is 64.2 Å². The third-order valence-electron chi connectivity index (χ3n) is 3.60. The van der Waals surface area contributed by atoms with Crippen LogP contribution in [0.4, 0.5) is 0 Å². The van der Waals surface area contributed by atoms with Crippen molar-refractivity contribution in [2.75, 3.05) is 0 Å². The Balaban J connectivity index is 2.55. The molecule has 1 aliphatic carbocycles. The van der Waals surface area contributed by atoms with Crippen molar-refractivity contribution >= 4 is 11.6 Å². The van der Waals surface area contributed by atoms with Crippen LogP contribution in [-0.4, -0.2) is 4.87 Å². The highest BCUT2D eigenvalue weighted by atomic mass is 35.5. The summed E-state index contributed by atoms with van der Waals surface area (Å²) in [5.41, 5.74) is 0. The van der Waals surface area contributed by atoms with Gasteiger partial charge in [0.1, 0.15) is 0 Å². The summed E-state index contributed by atoms with van der Waals surface area (Å²) in [6.45, 7) is 6.90. The molecule has 0 aromatic heterocycles. The van der Waals surface area contributed by atoms with Gasteiger partial charge in [0, 0.05) is 4.87 Å². The molecule has 0 heterocycles. The molecule has 1 fully saturated rings. The second kappa shape index (κ2) is 4.68. The van der Waals surface area contributed by atoms with E-state index in [9.17, 15) is 0 Å². The van der Waals surface area contributed by atoms with E-state index in [0.717, 1.165) is 11.8 Å². The Morgan fingerprint density at radius 1 is 1.38 bits per heavy atom. The largest absolute Gasteiger partial charge is 0.120 e. The summed E-state index contributed by atoms with van der Waals surface area (Å²) in [5, 5.41) is 0. The van der Waals surface area contributed by atoms with E-state index in [1.54, 1.807) is 0 Å². The van der Waals surface area contributed by atoms with E-state index in [1.807, 2.05) is 0 Å². The monoisotopic (exact) mass is 202 g/mol. The zero-order valence-electron chi connectivity index (χ0n) is 9.28. The highest BCUT2D eigenvalue weighted by Crippen LogP contribution is 2.37. The minimum atomic E-state index is 0.0766. The average Bonchev–Trinajstić information content (AvgIpc) is 2.01. The molecule has 78 valence electrons. The van der Waals surface area contributed by atoms with Crippen LogP contribution >= 0.6 is 11.6 Å². The van der Waals surface area contributed by atoms with Crippen LogP contribution < -0.4 is 0 Å². The fourth-order valence-electron chi connectivity index (χ4n) is 2.73. The summed E-state index contributed by atoms with van der Waals surface area (Å²) >= 11 is 6.47. The molecule has 0 spiro atoms. The molecule has 0 nitrogen and oxygen atoms in total. The summed E-state index contributed by atoms with van der Waals surface area (Å²) in [6, 6.07) is 0. The molecule has 3 atom stereocenters. The Kier molecular flexibility index (Phi) is 4.09. The van der Waals surface area contributed by atoms with E-state index in [0.29, 0.717) is 0 Å². The van der Waals surface area contributed by atoms with Crippen molar-refractivity contribution in [3.8, 4) is 0 Å². The molecule has 0 bridgehead atoms. The SMILES string of the molecule is CCC1CCCCC(C)(Cl)C[C@@H]1C. The molecule has 0 aromatic rings. The minimum Gasteiger partial charge on any atom is -0.120 e. The first-order chi connectivity index (χ1) is 6.05. The number of hydrogen-bond donors (Lipinski definition) is 0. The second-order valence-corrected chi connectivity index (χ2v) is 5.92. The molecule has 1 rings (SSSR count). The smallest absolute Gasteiger partial charge is 0.0421 e. The van der Waals surface area contributed by atoms with E-state index in [-0.39, 0.29) is 4.87 Å². The zero-order chi connectivity index (χ0) is 9.90. The van der Waals surface area contributed by atoms with Gasteiger partial charge < -0.3 is 0 Å². The summed E-state index contributed by atoms with van der Waals surface area (Å²) in [4.78, 5) is 0.0766. The number of hydrogen-bond acceptors (Lipinski definition) is 0. The lowest BCUT2D eigenvalue weighted by molar-refractivity contribution is 0.247. The zero-order valence-corrected chi connectivity index (χ0v) is 10.0. The van der Waals surface area contributed by atoms with Crippen molar-refractivity contribution in [1.82, 2.24) is 0 Å². The van der Waals surface area contributed by atoms with Crippen LogP contribution in [0.5, 0.6) is 0 Å². The van der Waals surface area contributed by atoms with Crippen molar-refractivity contribution in [3.63, 3.8) is 0 Å². The van der Waals surface area contributed by atoms with Gasteiger partial charge in [0.25, 0.3) is 0 Å². The van der Waals surface area contributed by atoms with Crippen LogP contribution in [0.1, 0.15) is 59.3 Å². The standard InChI is InChI=1S/C12H23Cl/c1-4-11-7-5-6-8-12(3,13)9-10(11)2/h10-11H,4-9H2,1-3H3/t10-,11?,12?/m0/s1. The van der Waals surface area contributed by atoms with Gasteiger partial charge in [-0.05, 0) is 31.6 Å². The van der Waals surface area contributed by atoms with Crippen molar-refractivity contribution in [2.24, 2.45) is 11.8 Å². The lowest BCUT2D eigenvalue weighted by Crippen LogP contribution is -2.26. The fourth-order valence-corrected chi connectivity index (χ4v) is 3.11. The van der Waals surface area contributed by atoms with Gasteiger partial charge in [0.2, 0.25) is 0 Å². The van der Waals surface area contributed by atoms with Crippen molar-refractivity contribution < 1.29 is 0 Å². The first-order valence-corrected chi connectivity index (χ1v) is 6.12. The Morgan fingerprint density at radius 3 is 2.69 bits per heavy atom. The topological polar surface area (TPSA) is 0 Å². The Morgan fingerprint density at radius 2 is 2.08 bits per heavy atom. The molecule has 13 heavy (non-hydrogen) atoms. The molecule has 2 unspecified atom stereocenters. The van der Waals surface area contributed by atoms with E-state index in [1.165, 1.54) is 38.5 Å². The third-order valence-corrected chi connectivity index (χ3v) is 3.94. The molecule has 0 aromatic carbocycles. The highest BCUT2D eigenvalue weighted by Gasteiger charge is 2.28. The van der Waals surface area contributed by atoms with Gasteiger partial charge in [-0.15, -0.1) is 11.6 Å². The normalized spacial score (nSPS) is 42.5. The first kappa shape index (κ1) is 11.4. The highest BCUT2D eigenvalue weighted by molar-refractivity contribution is 6.23. The van der Waals surface area contributed by atoms with Crippen LogP contribution in [-0.2, 0) is 0 Å². The fraction of sp³-hybridized carbons (Fsp3) is 1.00. The molecular weight excluding hydrogens is 180 g/mol. The maximum Gasteiger partial charge on any atom is 0.0421 e. The van der Waals surface area contributed by atoms with Crippen LogP contribution in [0.25, 0.3) is 0 Å². The van der Waals surface area contributed by atoms with Crippen LogP contribution in [0.2, 0.25) is 0 Å². The number of alkyl halides is 1. The molecule has 0 amide bonds. The maximum atomic E-state index is 6.47. The molecule has 0 N–H and O–H groups in total. The predicted octanol–water partition coefficient (Wildman–Crippen LogP) is 4.61. The summed E-state index contributed by atoms with van der Waals surface area (Å²) in [6.07, 6.45) is 7.86. The maximum absolute atomic E-state index is 6.47. The minimum absolute atomic E-state index is 0.0766. The lowest BCUT2D eigenvalue weighted by Gasteiger charge is -2.33. The van der Waals surface area contributed by atoms with Crippen LogP contribution in [0.3, 0.4) is 0 Å². The second-order valence-electron chi connectivity index (χ2n) is 5.01. The van der Waals surface area contributed by atoms with Crippen LogP contribution in [0.15, 0.2) is 0 Å². The molecule has 1 heteroatoms. The summed E-state index contributed by atoms with van der Waals surface area (Å²) in [7, 11) is 0. The van der Waals surface area contributed by atoms with Crippen LogP contribution in [0, 0.1) is 11.8 Å². The summed E-state index contributed by atoms with van der Waals surface area (Å²) in [5.74, 6) is 1.73. The average molecular weight is 203 g/mol. The van der Waals surface area contributed by atoms with Gasteiger partial charge >= 0.3 is 0 Å². The lowest BCUT2D eigenvalue weighted by atomic mass is 9.77. The Hall–Kier alpha value is 0.290. The quantitative estimate of drug-likeness (QED) is 0.545. The molecule has 0 radical (unpaired) electrons. The Bertz CT molecular complexity index is 151. The predicted molar refractivity (Wildman–Crippen MR) is 60.3 cm³/mol. The van der Waals surface area contributed by atoms with Gasteiger partial charge in [0.15, 0.2) is 0 Å². The van der Waals surface area contributed by atoms with E-state index < -0.39 is 0 Å². The third kappa shape index (κ3) is 3.50. The molecule has 1 saturated carbocycles. The van der Waals surface area contributed by atoms with E-state index in [2.05, 4.69) is 20.8 Å². The molecule has 1 aliphatic rings. The number of halogens is 1. The van der Waals surface area contributed by atoms with Gasteiger partial charge in [-0.2, -0.15) is 0 Å². The van der Waals surface area contributed by atoms with Gasteiger partial charge in [-0.1, -0.05) is 39.5 Å². The number of rotatable bonds is 1. The molecular formula is C12H23Cl. The van der Waals surface area contributed by atoms with Gasteiger partial charge in [-0.25, -0.2) is 0 Å². The summed E-state index contributed by atoms with van der Waals surface area (Å²) < 4.78 is 0. The van der Waals surface area contributed by atoms with Gasteiger partial charge in [0.05, 0.1) is 0 Å². The van der Waals surface area contributed by atoms with Gasteiger partial charge in [-0.3, -0.25) is 0 Å². The van der Waals surface area contributed by atoms with Crippen molar-refractivity contribution in [1.29, 1.82) is 0 Å².